The van der Waals surface area contributed by atoms with Crippen LogP contribution in [-0.4, -0.2) is 42.0 Å². The highest BCUT2D eigenvalue weighted by Crippen LogP contribution is 2.38. The van der Waals surface area contributed by atoms with Crippen molar-refractivity contribution in [2.24, 2.45) is 0 Å². The third-order valence-corrected chi connectivity index (χ3v) is 6.64. The predicted molar refractivity (Wildman–Crippen MR) is 138 cm³/mol. The molecule has 2 aliphatic rings. The fourth-order valence-corrected chi connectivity index (χ4v) is 4.85. The zero-order valence-electron chi connectivity index (χ0n) is 19.3. The molecule has 0 bridgehead atoms. The van der Waals surface area contributed by atoms with Gasteiger partial charge in [-0.1, -0.05) is 66.3 Å². The molecule has 0 spiro atoms. The van der Waals surface area contributed by atoms with Crippen LogP contribution in [0.15, 0.2) is 78.6 Å². The van der Waals surface area contributed by atoms with Gasteiger partial charge in [0.1, 0.15) is 0 Å². The van der Waals surface area contributed by atoms with Gasteiger partial charge in [-0.2, -0.15) is 0 Å². The summed E-state index contributed by atoms with van der Waals surface area (Å²) in [7, 11) is 0. The van der Waals surface area contributed by atoms with Gasteiger partial charge in [0.05, 0.1) is 0 Å². The Balaban J connectivity index is 1.18. The number of hydrazine groups is 1. The summed E-state index contributed by atoms with van der Waals surface area (Å²) in [5.74, 6) is -0.130. The minimum Gasteiger partial charge on any atom is -0.303 e. The van der Waals surface area contributed by atoms with E-state index in [0.717, 1.165) is 45.4 Å². The maximum absolute atomic E-state index is 12.1. The highest BCUT2D eigenvalue weighted by Gasteiger charge is 2.22. The van der Waals surface area contributed by atoms with Gasteiger partial charge >= 0.3 is 0 Å². The van der Waals surface area contributed by atoms with Crippen LogP contribution in [0.1, 0.15) is 51.9 Å². The molecule has 2 heterocycles. The van der Waals surface area contributed by atoms with Crippen molar-refractivity contribution in [1.82, 2.24) is 20.7 Å². The number of hydrogen-bond acceptors (Lipinski definition) is 4. The Kier molecular flexibility index (Phi) is 6.94. The highest BCUT2D eigenvalue weighted by molar-refractivity contribution is 5.95. The average Bonchev–Trinajstić information content (AvgIpc) is 3.06. The smallest absolute Gasteiger partial charge is 0.265 e. The van der Waals surface area contributed by atoms with Gasteiger partial charge in [-0.25, -0.2) is 5.43 Å². The Morgan fingerprint density at radius 3 is 2.12 bits per heavy atom. The van der Waals surface area contributed by atoms with Gasteiger partial charge in [-0.15, -0.1) is 0 Å². The molecule has 3 aromatic rings. The van der Waals surface area contributed by atoms with E-state index >= 15 is 0 Å². The quantitative estimate of drug-likeness (QED) is 0.328. The molecule has 1 fully saturated rings. The van der Waals surface area contributed by atoms with Crippen LogP contribution in [-0.2, 0) is 0 Å². The summed E-state index contributed by atoms with van der Waals surface area (Å²) in [5.41, 5.74) is 14.7. The number of nitrogens with one attached hydrogen (secondary N) is 2. The molecular weight excluding hydrogens is 420 g/mol. The molecule has 0 atom stereocenters. The third kappa shape index (κ3) is 5.01. The third-order valence-electron chi connectivity index (χ3n) is 6.64. The van der Waals surface area contributed by atoms with Crippen LogP contribution in [0.5, 0.6) is 0 Å². The zero-order valence-corrected chi connectivity index (χ0v) is 19.3. The van der Waals surface area contributed by atoms with Gasteiger partial charge in [0, 0.05) is 37.6 Å². The maximum atomic E-state index is 12.1. The van der Waals surface area contributed by atoms with Crippen LogP contribution in [0, 0.1) is 0 Å². The second-order valence-corrected chi connectivity index (χ2v) is 8.80. The van der Waals surface area contributed by atoms with Crippen molar-refractivity contribution in [2.75, 3.05) is 26.2 Å². The van der Waals surface area contributed by atoms with E-state index < -0.39 is 0 Å². The van der Waals surface area contributed by atoms with Gasteiger partial charge < -0.3 is 4.90 Å². The molecule has 5 heteroatoms. The molecule has 1 saturated heterocycles. The molecule has 1 aliphatic carbocycles. The summed E-state index contributed by atoms with van der Waals surface area (Å²) < 4.78 is 0. The Labute approximate surface area is 201 Å². The second-order valence-electron chi connectivity index (χ2n) is 8.80. The van der Waals surface area contributed by atoms with Crippen molar-refractivity contribution in [3.63, 3.8) is 0 Å². The van der Waals surface area contributed by atoms with E-state index in [1.54, 1.807) is 30.1 Å². The molecular formula is C29H30N4O. The molecule has 1 aliphatic heterocycles. The largest absolute Gasteiger partial charge is 0.303 e. The summed E-state index contributed by atoms with van der Waals surface area (Å²) in [6.07, 6.45) is 10.9. The number of hydrogen-bond donors (Lipinski definition) is 2. The first-order valence-corrected chi connectivity index (χ1v) is 12.0. The molecule has 34 heavy (non-hydrogen) atoms. The molecule has 1 amide bonds. The van der Waals surface area contributed by atoms with Gasteiger partial charge in [0.2, 0.25) is 0 Å². The van der Waals surface area contributed by atoms with Crippen LogP contribution in [0.2, 0.25) is 0 Å². The van der Waals surface area contributed by atoms with Crippen molar-refractivity contribution in [2.45, 2.75) is 19.3 Å². The van der Waals surface area contributed by atoms with Crippen LogP contribution in [0.3, 0.4) is 0 Å². The van der Waals surface area contributed by atoms with E-state index in [2.05, 4.69) is 81.4 Å². The van der Waals surface area contributed by atoms with Crippen molar-refractivity contribution in [3.8, 4) is 0 Å². The van der Waals surface area contributed by atoms with Gasteiger partial charge in [-0.3, -0.25) is 15.2 Å². The highest BCUT2D eigenvalue weighted by atomic mass is 16.2. The normalized spacial score (nSPS) is 15.4. The van der Waals surface area contributed by atoms with Gasteiger partial charge in [0.15, 0.2) is 0 Å². The van der Waals surface area contributed by atoms with Crippen LogP contribution < -0.4 is 10.9 Å². The second kappa shape index (κ2) is 10.6. The maximum Gasteiger partial charge on any atom is 0.265 e. The minimum absolute atomic E-state index is 0.130. The summed E-state index contributed by atoms with van der Waals surface area (Å²) in [6, 6.07) is 20.9. The molecule has 5 nitrogen and oxygen atoms in total. The lowest BCUT2D eigenvalue weighted by Crippen LogP contribution is -2.39. The molecule has 0 saturated carbocycles. The van der Waals surface area contributed by atoms with E-state index in [9.17, 15) is 4.79 Å². The van der Waals surface area contributed by atoms with E-state index in [4.69, 9.17) is 0 Å². The Hall–Kier alpha value is -3.54. The van der Waals surface area contributed by atoms with E-state index in [-0.39, 0.29) is 5.91 Å². The van der Waals surface area contributed by atoms with Crippen LogP contribution in [0.4, 0.5) is 0 Å². The Morgan fingerprint density at radius 2 is 1.47 bits per heavy atom. The fourth-order valence-electron chi connectivity index (χ4n) is 4.85. The van der Waals surface area contributed by atoms with E-state index in [1.807, 2.05) is 0 Å². The molecule has 5 rings (SSSR count). The Bertz CT molecular complexity index is 1150. The summed E-state index contributed by atoms with van der Waals surface area (Å²) in [4.78, 5) is 18.5. The first kappa shape index (κ1) is 22.3. The van der Waals surface area contributed by atoms with Crippen molar-refractivity contribution < 1.29 is 4.79 Å². The molecule has 0 radical (unpaired) electrons. The lowest BCUT2D eigenvalue weighted by molar-refractivity contribution is 0.0932. The number of likely N-dealkylation sites (tertiary alicyclic amines) is 1. The van der Waals surface area contributed by atoms with Crippen molar-refractivity contribution in [3.05, 3.63) is 106 Å². The van der Waals surface area contributed by atoms with Gasteiger partial charge in [0.25, 0.3) is 5.91 Å². The SMILES string of the molecule is O=C(NNCCCN1CCC(=C2c3ccccc3C=Cc3ccccc32)CC1)c1ccncc1. The zero-order chi connectivity index (χ0) is 23.2. The number of piperidine rings is 1. The number of nitrogens with zero attached hydrogens (tertiary/aromatic N) is 2. The first-order valence-electron chi connectivity index (χ1n) is 12.0. The number of carbonyl (C=O) groups is 1. The van der Waals surface area contributed by atoms with E-state index in [0.29, 0.717) is 5.56 Å². The predicted octanol–water partition coefficient (Wildman–Crippen LogP) is 4.79. The summed E-state index contributed by atoms with van der Waals surface area (Å²) in [5, 5.41) is 0. The number of pyridine rings is 1. The molecule has 0 unspecified atom stereocenters. The molecule has 1 aromatic heterocycles. The molecule has 2 N–H and O–H groups in total. The average molecular weight is 451 g/mol. The number of amides is 1. The molecule has 2 aromatic carbocycles. The van der Waals surface area contributed by atoms with Crippen molar-refractivity contribution >= 4 is 23.6 Å². The number of carbonyl (C=O) groups excluding carboxylic acids is 1. The first-order chi connectivity index (χ1) is 16.8. The van der Waals surface area contributed by atoms with Crippen LogP contribution >= 0.6 is 0 Å². The standard InChI is InChI=1S/C29H30N4O/c34-29(25-12-17-30-18-13-25)32-31-16-5-19-33-20-14-24(15-21-33)28-26-8-3-1-6-22(26)10-11-23-7-2-4-9-27(23)28/h1-4,6-13,17-18,31H,5,14-16,19-21H2,(H,32,34). The lowest BCUT2D eigenvalue weighted by atomic mass is 9.86. The summed E-state index contributed by atoms with van der Waals surface area (Å²) >= 11 is 0. The number of rotatable bonds is 6. The van der Waals surface area contributed by atoms with Crippen LogP contribution in [0.25, 0.3) is 17.7 Å². The Morgan fingerprint density at radius 1 is 0.853 bits per heavy atom. The minimum atomic E-state index is -0.130. The monoisotopic (exact) mass is 450 g/mol. The topological polar surface area (TPSA) is 57.3 Å². The van der Waals surface area contributed by atoms with Gasteiger partial charge in [-0.05, 0) is 65.8 Å². The number of fused-ring (bicyclic) bond motifs is 2. The number of aromatic nitrogens is 1. The van der Waals surface area contributed by atoms with E-state index in [1.165, 1.54) is 27.8 Å². The van der Waals surface area contributed by atoms with Crippen molar-refractivity contribution in [1.29, 1.82) is 0 Å². The molecule has 172 valence electrons. The fraction of sp³-hybridized carbons (Fsp3) is 0.241. The number of benzene rings is 2. The summed E-state index contributed by atoms with van der Waals surface area (Å²) in [6.45, 7) is 3.91. The lowest BCUT2D eigenvalue weighted by Gasteiger charge is -2.30.